The van der Waals surface area contributed by atoms with E-state index < -0.39 is 28.1 Å². The first kappa shape index (κ1) is 40.1. The molecule has 276 valence electrons. The van der Waals surface area contributed by atoms with Gasteiger partial charge in [0, 0.05) is 40.2 Å². The van der Waals surface area contributed by atoms with Gasteiger partial charge in [-0.05, 0) is 83.8 Å². The Morgan fingerprint density at radius 3 is 2.33 bits per heavy atom. The fourth-order valence-electron chi connectivity index (χ4n) is 5.33. The molecule has 8 nitrogen and oxygen atoms in total. The van der Waals surface area contributed by atoms with Crippen LogP contribution in [0.15, 0.2) is 114 Å². The van der Waals surface area contributed by atoms with Gasteiger partial charge < -0.3 is 14.6 Å². The molecule has 1 atom stereocenters. The monoisotopic (exact) mass is 756 g/mol. The number of ether oxygens (including phenoxy) is 1. The Balaban J connectivity index is 1.60. The molecule has 0 aliphatic rings. The van der Waals surface area contributed by atoms with Crippen molar-refractivity contribution in [2.75, 3.05) is 12.3 Å². The first-order valence-corrected chi connectivity index (χ1v) is 18.3. The van der Waals surface area contributed by atoms with Crippen LogP contribution in [0.2, 0.25) is 5.02 Å². The number of aromatic nitrogens is 1. The summed E-state index contributed by atoms with van der Waals surface area (Å²) >= 11 is 6.50. The van der Waals surface area contributed by atoms with E-state index in [1.54, 1.807) is 30.3 Å². The van der Waals surface area contributed by atoms with Crippen LogP contribution in [0.1, 0.15) is 61.1 Å². The van der Waals surface area contributed by atoms with Crippen LogP contribution in [0.3, 0.4) is 0 Å². The molecule has 3 aromatic carbocycles. The van der Waals surface area contributed by atoms with Crippen LogP contribution in [0.5, 0.6) is 5.75 Å². The normalized spacial score (nSPS) is 13.3. The van der Waals surface area contributed by atoms with Crippen LogP contribution in [0.4, 0.5) is 13.2 Å². The van der Waals surface area contributed by atoms with Gasteiger partial charge in [0.25, 0.3) is 16.0 Å². The zero-order chi connectivity index (χ0) is 38.1. The Morgan fingerprint density at radius 1 is 1.04 bits per heavy atom. The second-order valence-electron chi connectivity index (χ2n) is 13.1. The van der Waals surface area contributed by atoms with Gasteiger partial charge in [-0.25, -0.2) is 0 Å². The number of hydrogen-bond acceptors (Lipinski definition) is 6. The van der Waals surface area contributed by atoms with Crippen LogP contribution in [0.25, 0.3) is 22.5 Å². The molecule has 0 bridgehead atoms. The van der Waals surface area contributed by atoms with Gasteiger partial charge in [0.15, 0.2) is 5.76 Å². The second-order valence-corrected chi connectivity index (χ2v) is 15.1. The van der Waals surface area contributed by atoms with E-state index in [-0.39, 0.29) is 23.6 Å². The predicted octanol–water partition coefficient (Wildman–Crippen LogP) is 10.00. The highest BCUT2D eigenvalue weighted by Crippen LogP contribution is 2.36. The number of hydrogen-bond donors (Lipinski definition) is 2. The molecule has 1 heterocycles. The summed E-state index contributed by atoms with van der Waals surface area (Å²) in [5, 5.41) is 7.30. The smallest absolute Gasteiger partial charge is 0.406 e. The van der Waals surface area contributed by atoms with Crippen molar-refractivity contribution in [2.24, 2.45) is 5.41 Å². The van der Waals surface area contributed by atoms with Crippen molar-refractivity contribution >= 4 is 27.6 Å². The molecule has 0 aliphatic carbocycles. The molecule has 1 aromatic heterocycles. The van der Waals surface area contributed by atoms with Gasteiger partial charge in [-0.3, -0.25) is 9.35 Å². The summed E-state index contributed by atoms with van der Waals surface area (Å²) in [4.78, 5) is 12.5. The van der Waals surface area contributed by atoms with Gasteiger partial charge in [-0.15, -0.1) is 19.8 Å². The molecule has 4 aromatic rings. The summed E-state index contributed by atoms with van der Waals surface area (Å²) in [5.41, 5.74) is 4.83. The van der Waals surface area contributed by atoms with E-state index in [4.69, 9.17) is 20.7 Å². The minimum Gasteiger partial charge on any atom is -0.406 e. The van der Waals surface area contributed by atoms with Crippen molar-refractivity contribution in [1.82, 2.24) is 10.5 Å². The van der Waals surface area contributed by atoms with Crippen molar-refractivity contribution in [3.63, 3.8) is 0 Å². The zero-order valence-corrected chi connectivity index (χ0v) is 30.5. The van der Waals surface area contributed by atoms with E-state index in [1.165, 1.54) is 24.3 Å². The Morgan fingerprint density at radius 2 is 1.71 bits per heavy atom. The molecule has 0 aliphatic heterocycles. The number of carbonyl (C=O) groups is 1. The number of benzene rings is 3. The minimum atomic E-state index is -4.80. The maximum atomic E-state index is 12.7. The van der Waals surface area contributed by atoms with Crippen LogP contribution in [0, 0.1) is 5.41 Å². The highest BCUT2D eigenvalue weighted by atomic mass is 35.5. The van der Waals surface area contributed by atoms with Crippen LogP contribution >= 0.6 is 11.6 Å². The third-order valence-corrected chi connectivity index (χ3v) is 9.08. The van der Waals surface area contributed by atoms with Gasteiger partial charge in [0.2, 0.25) is 0 Å². The lowest BCUT2D eigenvalue weighted by Gasteiger charge is -2.21. The highest BCUT2D eigenvalue weighted by Gasteiger charge is 2.31. The Hall–Kier alpha value is -4.65. The Bertz CT molecular complexity index is 2010. The lowest BCUT2D eigenvalue weighted by Crippen LogP contribution is -2.28. The number of allylic oxidation sites excluding steroid dienone is 5. The van der Waals surface area contributed by atoms with Gasteiger partial charge in [0.1, 0.15) is 5.75 Å². The molecule has 52 heavy (non-hydrogen) atoms. The Labute approximate surface area is 306 Å². The third kappa shape index (κ3) is 12.2. The van der Waals surface area contributed by atoms with Gasteiger partial charge >= 0.3 is 6.36 Å². The van der Waals surface area contributed by atoms with Crippen molar-refractivity contribution < 1.29 is 40.2 Å². The van der Waals surface area contributed by atoms with Crippen molar-refractivity contribution in [3.05, 3.63) is 131 Å². The standard InChI is InChI=1S/C39H40ClF3N2O6S/c1-5-6-9-31(38(2,3)4)10-7-8-29(23-26-11-13-28(14-12-26)37(46)44-21-22-52(47,48)49)35-25-36(51-45-35)30-17-20-34(40)33(24-30)27-15-18-32(19-16-27)50-39(41,42)43/h5,7,9-20,24-25,29H,1,6,8,21-23H2,2-4H3,(H,44,46)(H,47,48,49)/b10-7-,31-9+. The summed E-state index contributed by atoms with van der Waals surface area (Å²) in [6.07, 6.45) is 5.26. The van der Waals surface area contributed by atoms with E-state index >= 15 is 0 Å². The summed E-state index contributed by atoms with van der Waals surface area (Å²) in [5.74, 6) is -1.07. The fourth-order valence-corrected chi connectivity index (χ4v) is 5.91. The van der Waals surface area contributed by atoms with E-state index in [2.05, 4.69) is 60.8 Å². The molecule has 2 N–H and O–H groups in total. The average molecular weight is 757 g/mol. The number of rotatable bonds is 15. The molecule has 0 saturated heterocycles. The largest absolute Gasteiger partial charge is 0.573 e. The van der Waals surface area contributed by atoms with Gasteiger partial charge in [-0.2, -0.15) is 8.42 Å². The molecule has 13 heteroatoms. The quantitative estimate of drug-likeness (QED) is 0.0704. The third-order valence-electron chi connectivity index (χ3n) is 8.03. The lowest BCUT2D eigenvalue weighted by molar-refractivity contribution is -0.274. The SMILES string of the molecule is C=CC/C=C(\C=C/CC(Cc1ccc(C(=O)NCCS(=O)(=O)O)cc1)c1cc(-c2ccc(Cl)c(-c3ccc(OC(F)(F)F)cc3)c2)on1)C(C)(C)C. The number of amides is 1. The average Bonchev–Trinajstić information content (AvgIpc) is 3.55. The second kappa shape index (κ2) is 17.2. The molecular formula is C39H40ClF3N2O6S. The van der Waals surface area contributed by atoms with E-state index in [9.17, 15) is 26.4 Å². The highest BCUT2D eigenvalue weighted by molar-refractivity contribution is 7.85. The molecule has 0 spiro atoms. The minimum absolute atomic E-state index is 0.0915. The molecule has 0 fully saturated rings. The molecule has 4 rings (SSSR count). The number of nitrogens with one attached hydrogen (secondary N) is 1. The van der Waals surface area contributed by atoms with Crippen LogP contribution in [-0.4, -0.2) is 42.7 Å². The van der Waals surface area contributed by atoms with Gasteiger partial charge in [0.05, 0.1) is 11.4 Å². The zero-order valence-electron chi connectivity index (χ0n) is 28.9. The molecule has 0 saturated carbocycles. The predicted molar refractivity (Wildman–Crippen MR) is 197 cm³/mol. The first-order valence-electron chi connectivity index (χ1n) is 16.3. The van der Waals surface area contributed by atoms with E-state index in [0.29, 0.717) is 51.6 Å². The molecule has 0 radical (unpaired) electrons. The summed E-state index contributed by atoms with van der Waals surface area (Å²) in [6.45, 7) is 10.0. The van der Waals surface area contributed by atoms with E-state index in [0.717, 1.165) is 17.6 Å². The molecular weight excluding hydrogens is 717 g/mol. The molecule has 1 amide bonds. The Kier molecular flexibility index (Phi) is 13.3. The number of nitrogens with zero attached hydrogens (tertiary/aromatic N) is 1. The lowest BCUT2D eigenvalue weighted by atomic mass is 9.84. The summed E-state index contributed by atoms with van der Waals surface area (Å²) in [6, 6.07) is 19.4. The number of carbonyl (C=O) groups excluding carboxylic acids is 1. The summed E-state index contributed by atoms with van der Waals surface area (Å²) in [7, 11) is -4.20. The topological polar surface area (TPSA) is 119 Å². The maximum absolute atomic E-state index is 12.7. The van der Waals surface area contributed by atoms with Crippen molar-refractivity contribution in [2.45, 2.75) is 52.3 Å². The van der Waals surface area contributed by atoms with E-state index in [1.807, 2.05) is 24.3 Å². The number of alkyl halides is 3. The van der Waals surface area contributed by atoms with Crippen molar-refractivity contribution in [3.8, 4) is 28.2 Å². The first-order chi connectivity index (χ1) is 24.4. The fraction of sp³-hybridized carbons (Fsp3) is 0.282. The van der Waals surface area contributed by atoms with Gasteiger partial charge in [-0.1, -0.05) is 86.1 Å². The number of halogens is 4. The summed E-state index contributed by atoms with van der Waals surface area (Å²) < 4.78 is 78.6. The van der Waals surface area contributed by atoms with Crippen LogP contribution in [-0.2, 0) is 16.5 Å². The molecule has 1 unspecified atom stereocenters. The maximum Gasteiger partial charge on any atom is 0.573 e. The van der Waals surface area contributed by atoms with Crippen molar-refractivity contribution in [1.29, 1.82) is 0 Å². The van der Waals surface area contributed by atoms with Crippen LogP contribution < -0.4 is 10.1 Å².